The Morgan fingerprint density at radius 3 is 2.38 bits per heavy atom. The summed E-state index contributed by atoms with van der Waals surface area (Å²) in [6.07, 6.45) is 1.96. The number of methoxy groups -OCH3 is 1. The second kappa shape index (κ2) is 12.6. The first kappa shape index (κ1) is 34.0. The Morgan fingerprint density at radius 2 is 1.68 bits per heavy atom. The largest absolute Gasteiger partial charge is 0.508 e. The minimum absolute atomic E-state index is 0.0134. The maximum atomic E-state index is 15.3. The molecule has 2 aliphatic heterocycles. The fourth-order valence-electron chi connectivity index (χ4n) is 8.94. The highest BCUT2D eigenvalue weighted by Crippen LogP contribution is 2.65. The molecule has 268 valence electrons. The van der Waals surface area contributed by atoms with Crippen LogP contribution in [0.25, 0.3) is 0 Å². The molecule has 0 spiro atoms. The molecule has 3 fully saturated rings. The van der Waals surface area contributed by atoms with Gasteiger partial charge in [-0.1, -0.05) is 47.5 Å². The van der Waals surface area contributed by atoms with Crippen molar-refractivity contribution >= 4 is 52.3 Å². The number of aromatic hydroxyl groups is 1. The molecule has 2 saturated heterocycles. The summed E-state index contributed by atoms with van der Waals surface area (Å²) in [5.74, 6) is -7.29. The highest BCUT2D eigenvalue weighted by atomic mass is 35.5. The molecular weight excluding hydrogens is 707 g/mol. The molecule has 1 saturated carbocycles. The molecule has 4 aromatic carbocycles. The monoisotopic (exact) mass is 736 g/mol. The van der Waals surface area contributed by atoms with E-state index in [4.69, 9.17) is 16.3 Å². The van der Waals surface area contributed by atoms with Gasteiger partial charge in [0.25, 0.3) is 17.5 Å². The number of benzene rings is 4. The molecule has 0 bridgehead atoms. The lowest BCUT2D eigenvalue weighted by Gasteiger charge is -2.50. The number of phenols is 1. The third-order valence-electron chi connectivity index (χ3n) is 11.1. The number of amides is 4. The predicted molar refractivity (Wildman–Crippen MR) is 189 cm³/mol. The number of imide groups is 2. The molecule has 0 aromatic heterocycles. The summed E-state index contributed by atoms with van der Waals surface area (Å²) < 4.78 is 19.6. The van der Waals surface area contributed by atoms with Crippen molar-refractivity contribution in [1.82, 2.24) is 5.01 Å². The van der Waals surface area contributed by atoms with Crippen molar-refractivity contribution in [3.63, 3.8) is 0 Å². The smallest absolute Gasteiger partial charge is 0.271 e. The van der Waals surface area contributed by atoms with Gasteiger partial charge in [0, 0.05) is 34.7 Å². The third-order valence-corrected chi connectivity index (χ3v) is 11.3. The third kappa shape index (κ3) is 5.09. The Morgan fingerprint density at radius 1 is 0.943 bits per heavy atom. The van der Waals surface area contributed by atoms with E-state index in [9.17, 15) is 34.0 Å². The summed E-state index contributed by atoms with van der Waals surface area (Å²) in [5.41, 5.74) is 2.84. The van der Waals surface area contributed by atoms with Gasteiger partial charge in [0.05, 0.1) is 46.6 Å². The minimum atomic E-state index is -1.65. The Balaban J connectivity index is 1.33. The highest BCUT2D eigenvalue weighted by Gasteiger charge is 2.70. The topological polar surface area (TPSA) is 159 Å². The zero-order valence-corrected chi connectivity index (χ0v) is 28.7. The lowest BCUT2D eigenvalue weighted by molar-refractivity contribution is -0.384. The van der Waals surface area contributed by atoms with E-state index in [1.807, 2.05) is 6.08 Å². The van der Waals surface area contributed by atoms with Gasteiger partial charge in [-0.05, 0) is 72.9 Å². The van der Waals surface area contributed by atoms with E-state index >= 15 is 4.79 Å². The van der Waals surface area contributed by atoms with Crippen molar-refractivity contribution in [2.45, 2.75) is 24.2 Å². The van der Waals surface area contributed by atoms with Gasteiger partial charge in [0.2, 0.25) is 11.8 Å². The fourth-order valence-corrected chi connectivity index (χ4v) is 9.06. The van der Waals surface area contributed by atoms with Gasteiger partial charge >= 0.3 is 0 Å². The number of carbonyl (C=O) groups is 4. The molecule has 6 atom stereocenters. The minimum Gasteiger partial charge on any atom is -0.508 e. The van der Waals surface area contributed by atoms with Gasteiger partial charge in [-0.2, -0.15) is 5.01 Å². The van der Waals surface area contributed by atoms with Crippen LogP contribution in [0.15, 0.2) is 103 Å². The van der Waals surface area contributed by atoms with Crippen LogP contribution in [-0.2, 0) is 24.6 Å². The van der Waals surface area contributed by atoms with Gasteiger partial charge in [-0.3, -0.25) is 34.7 Å². The number of fused-ring (bicyclic) bond motifs is 4. The van der Waals surface area contributed by atoms with E-state index in [2.05, 4.69) is 5.43 Å². The van der Waals surface area contributed by atoms with Gasteiger partial charge in [-0.15, -0.1) is 0 Å². The summed E-state index contributed by atoms with van der Waals surface area (Å²) in [4.78, 5) is 70.5. The Kier molecular flexibility index (Phi) is 8.06. The second-order valence-corrected chi connectivity index (χ2v) is 14.0. The standard InChI is InChI=1S/C39H30ClFN4O8/c1-53-32-18-26(46)13-14-28(32)34-27-15-16-29-33(37(49)43(35(29)47)24-3-2-4-25(17-24)45(51)52)30(27)19-31-36(48)44(42-23-11-9-22(41)10-12-23)38(50)39(31,34)20-5-7-21(40)8-6-20/h2-15,17-18,29-31,33-34,42,46H,16,19H2,1H3. The molecule has 12 nitrogen and oxygen atoms in total. The molecule has 2 aliphatic carbocycles. The summed E-state index contributed by atoms with van der Waals surface area (Å²) >= 11 is 6.34. The molecule has 53 heavy (non-hydrogen) atoms. The van der Waals surface area contributed by atoms with Gasteiger partial charge < -0.3 is 9.84 Å². The van der Waals surface area contributed by atoms with Crippen molar-refractivity contribution in [3.8, 4) is 11.5 Å². The van der Waals surface area contributed by atoms with E-state index < -0.39 is 69.4 Å². The molecule has 8 rings (SSSR count). The van der Waals surface area contributed by atoms with Crippen molar-refractivity contribution in [2.24, 2.45) is 23.7 Å². The van der Waals surface area contributed by atoms with Crippen LogP contribution in [0, 0.1) is 39.6 Å². The van der Waals surface area contributed by atoms with Gasteiger partial charge in [-0.25, -0.2) is 9.29 Å². The summed E-state index contributed by atoms with van der Waals surface area (Å²) in [6, 6.07) is 21.5. The average molecular weight is 737 g/mol. The van der Waals surface area contributed by atoms with Crippen LogP contribution in [0.2, 0.25) is 5.02 Å². The summed E-state index contributed by atoms with van der Waals surface area (Å²) in [7, 11) is 1.41. The highest BCUT2D eigenvalue weighted by molar-refractivity contribution is 6.30. The summed E-state index contributed by atoms with van der Waals surface area (Å²) in [5, 5.41) is 23.4. The Labute approximate surface area is 306 Å². The molecule has 4 aromatic rings. The predicted octanol–water partition coefficient (Wildman–Crippen LogP) is 6.29. The van der Waals surface area contributed by atoms with Crippen molar-refractivity contribution in [2.75, 3.05) is 17.4 Å². The van der Waals surface area contributed by atoms with Gasteiger partial charge in [0.15, 0.2) is 0 Å². The number of nitrogens with zero attached hydrogens (tertiary/aromatic N) is 3. The summed E-state index contributed by atoms with van der Waals surface area (Å²) in [6.45, 7) is 0. The number of phenolic OH excluding ortho intramolecular Hbond substituents is 1. The number of hydrazine groups is 1. The number of hydrogen-bond acceptors (Lipinski definition) is 9. The number of allylic oxidation sites excluding steroid dienone is 2. The number of rotatable bonds is 7. The number of hydrogen-bond donors (Lipinski definition) is 2. The van der Waals surface area contributed by atoms with Crippen LogP contribution in [0.1, 0.15) is 29.9 Å². The average Bonchev–Trinajstić information content (AvgIpc) is 3.53. The lowest BCUT2D eigenvalue weighted by atomic mass is 9.49. The van der Waals surface area contributed by atoms with E-state index in [1.54, 1.807) is 30.3 Å². The molecule has 0 radical (unpaired) electrons. The molecule has 2 N–H and O–H groups in total. The van der Waals surface area contributed by atoms with Crippen molar-refractivity contribution < 1.29 is 38.3 Å². The lowest BCUT2D eigenvalue weighted by Crippen LogP contribution is -2.53. The molecule has 4 aliphatic rings. The van der Waals surface area contributed by atoms with Crippen LogP contribution >= 0.6 is 11.6 Å². The first-order chi connectivity index (χ1) is 25.4. The molecule has 4 amide bonds. The quantitative estimate of drug-likeness (QED) is 0.0962. The Bertz CT molecular complexity index is 2260. The number of non-ortho nitro benzene ring substituents is 1. The number of halogens is 2. The number of anilines is 2. The first-order valence-corrected chi connectivity index (χ1v) is 17.2. The van der Waals surface area contributed by atoms with E-state index in [-0.39, 0.29) is 41.4 Å². The number of carbonyl (C=O) groups excluding carboxylic acids is 4. The molecule has 6 unspecified atom stereocenters. The first-order valence-electron chi connectivity index (χ1n) is 16.8. The zero-order chi connectivity index (χ0) is 37.3. The SMILES string of the molecule is COc1cc(O)ccc1C1C2=CCC3C(=O)N(c4cccc([N+](=O)[O-])c4)C(=O)C3C2CC2C(=O)N(Nc3ccc(F)cc3)C(=O)C21c1ccc(Cl)cc1. The van der Waals surface area contributed by atoms with Crippen LogP contribution < -0.4 is 15.1 Å². The number of nitro benzene ring substituents is 1. The number of nitro groups is 1. The molecule has 2 heterocycles. The molecule has 14 heteroatoms. The maximum Gasteiger partial charge on any atom is 0.271 e. The number of ether oxygens (including phenoxy) is 1. The second-order valence-electron chi connectivity index (χ2n) is 13.6. The van der Waals surface area contributed by atoms with Crippen LogP contribution in [0.5, 0.6) is 11.5 Å². The van der Waals surface area contributed by atoms with Crippen molar-refractivity contribution in [3.05, 3.63) is 135 Å². The molecular formula is C39H30ClFN4O8. The van der Waals surface area contributed by atoms with Crippen LogP contribution in [0.3, 0.4) is 0 Å². The van der Waals surface area contributed by atoms with Gasteiger partial charge in [0.1, 0.15) is 17.3 Å². The van der Waals surface area contributed by atoms with E-state index in [0.717, 1.165) is 9.91 Å². The maximum absolute atomic E-state index is 15.3. The van der Waals surface area contributed by atoms with E-state index in [1.165, 1.54) is 67.8 Å². The normalized spacial score (nSPS) is 26.2. The number of nitrogens with one attached hydrogen (secondary N) is 1. The Hall–Kier alpha value is -6.08. The van der Waals surface area contributed by atoms with Crippen molar-refractivity contribution in [1.29, 1.82) is 0 Å². The zero-order valence-electron chi connectivity index (χ0n) is 27.9. The van der Waals surface area contributed by atoms with Crippen LogP contribution in [-0.4, -0.2) is 45.8 Å². The van der Waals surface area contributed by atoms with Crippen LogP contribution in [0.4, 0.5) is 21.5 Å². The van der Waals surface area contributed by atoms with E-state index in [0.29, 0.717) is 21.7 Å². The fraction of sp³-hybridized carbons (Fsp3) is 0.231.